The Morgan fingerprint density at radius 2 is 1.58 bits per heavy atom. The average molecular weight is 516 g/mol. The van der Waals surface area contributed by atoms with Crippen molar-refractivity contribution in [1.82, 2.24) is 14.7 Å². The van der Waals surface area contributed by atoms with Gasteiger partial charge in [0.05, 0.1) is 19.8 Å². The summed E-state index contributed by atoms with van der Waals surface area (Å²) < 4.78 is 25.1. The van der Waals surface area contributed by atoms with Crippen LogP contribution in [0.5, 0.6) is 0 Å². The molecule has 0 aromatic heterocycles. The fourth-order valence-electron chi connectivity index (χ4n) is 5.15. The summed E-state index contributed by atoms with van der Waals surface area (Å²) in [4.78, 5) is 45.2. The fraction of sp³-hybridized carbons (Fsp3) is 0.423. The maximum absolute atomic E-state index is 13.7. The highest BCUT2D eigenvalue weighted by molar-refractivity contribution is 6.30. The third kappa shape index (κ3) is 4.70. The molecule has 10 heteroatoms. The number of morpholine rings is 1. The molecule has 3 fully saturated rings. The fourth-order valence-corrected chi connectivity index (χ4v) is 5.34. The summed E-state index contributed by atoms with van der Waals surface area (Å²) in [5, 5.41) is 0.481. The van der Waals surface area contributed by atoms with Gasteiger partial charge in [0.1, 0.15) is 17.6 Å². The van der Waals surface area contributed by atoms with Crippen LogP contribution in [-0.2, 0) is 14.3 Å². The standard InChI is InChI=1S/C26H27ClFN3O5/c27-20-3-1-2-19(16-20)23(32)29-10-8-26(9-11-29)31(24(33)18-4-6-21(28)7-5-18)22(17-36-26)25(34)30-12-14-35-15-13-30/h1-7,16,22H,8-15,17H2/t22-/m1/s1. The number of carbonyl (C=O) groups is 3. The van der Waals surface area contributed by atoms with Crippen molar-refractivity contribution in [3.05, 3.63) is 70.5 Å². The second-order valence-corrected chi connectivity index (χ2v) is 9.63. The van der Waals surface area contributed by atoms with E-state index in [2.05, 4.69) is 0 Å². The number of piperidine rings is 1. The molecule has 2 aromatic carbocycles. The summed E-state index contributed by atoms with van der Waals surface area (Å²) >= 11 is 6.06. The monoisotopic (exact) mass is 515 g/mol. The normalized spacial score (nSPS) is 21.6. The summed E-state index contributed by atoms with van der Waals surface area (Å²) in [6.45, 7) is 2.53. The van der Waals surface area contributed by atoms with Crippen LogP contribution >= 0.6 is 11.6 Å². The largest absolute Gasteiger partial charge is 0.378 e. The van der Waals surface area contributed by atoms with E-state index in [1.807, 2.05) is 0 Å². The lowest BCUT2D eigenvalue weighted by Gasteiger charge is -2.45. The summed E-state index contributed by atoms with van der Waals surface area (Å²) in [5.41, 5.74) is -0.271. The zero-order valence-electron chi connectivity index (χ0n) is 19.7. The van der Waals surface area contributed by atoms with Crippen molar-refractivity contribution in [1.29, 1.82) is 0 Å². The van der Waals surface area contributed by atoms with Crippen molar-refractivity contribution in [2.45, 2.75) is 24.6 Å². The number of carbonyl (C=O) groups excluding carboxylic acids is 3. The molecule has 0 radical (unpaired) electrons. The van der Waals surface area contributed by atoms with E-state index < -0.39 is 23.5 Å². The van der Waals surface area contributed by atoms with Gasteiger partial charge in [0.25, 0.3) is 11.8 Å². The van der Waals surface area contributed by atoms with Gasteiger partial charge in [-0.2, -0.15) is 0 Å². The van der Waals surface area contributed by atoms with Crippen LogP contribution < -0.4 is 0 Å². The van der Waals surface area contributed by atoms with Gasteiger partial charge in [0.15, 0.2) is 0 Å². The van der Waals surface area contributed by atoms with Crippen molar-refractivity contribution >= 4 is 29.3 Å². The Morgan fingerprint density at radius 3 is 2.25 bits per heavy atom. The number of amides is 3. The predicted molar refractivity (Wildman–Crippen MR) is 129 cm³/mol. The van der Waals surface area contributed by atoms with E-state index in [9.17, 15) is 18.8 Å². The average Bonchev–Trinajstić information content (AvgIpc) is 3.27. The molecule has 3 saturated heterocycles. The molecule has 1 atom stereocenters. The number of halogens is 2. The van der Waals surface area contributed by atoms with E-state index in [1.54, 1.807) is 34.1 Å². The van der Waals surface area contributed by atoms with Crippen LogP contribution in [0.1, 0.15) is 33.6 Å². The van der Waals surface area contributed by atoms with Gasteiger partial charge in [-0.3, -0.25) is 19.3 Å². The van der Waals surface area contributed by atoms with Gasteiger partial charge in [0.2, 0.25) is 5.91 Å². The number of likely N-dealkylation sites (tertiary alicyclic amines) is 1. The molecule has 2 aromatic rings. The first-order chi connectivity index (χ1) is 17.4. The van der Waals surface area contributed by atoms with Gasteiger partial charge in [0, 0.05) is 55.2 Å². The van der Waals surface area contributed by atoms with Crippen LogP contribution in [-0.4, -0.2) is 90.2 Å². The SMILES string of the molecule is O=C(c1cccc(Cl)c1)N1CCC2(CC1)OC[C@H](C(=O)N1CCOCC1)N2C(=O)c1ccc(F)cc1. The van der Waals surface area contributed by atoms with Crippen molar-refractivity contribution < 1.29 is 28.2 Å². The molecule has 1 spiro atoms. The number of rotatable bonds is 3. The van der Waals surface area contributed by atoms with Crippen molar-refractivity contribution in [3.8, 4) is 0 Å². The molecule has 190 valence electrons. The smallest absolute Gasteiger partial charge is 0.256 e. The molecule has 8 nitrogen and oxygen atoms in total. The third-order valence-electron chi connectivity index (χ3n) is 7.08. The minimum atomic E-state index is -1.04. The topological polar surface area (TPSA) is 79.4 Å². The molecule has 0 bridgehead atoms. The molecule has 3 aliphatic heterocycles. The first-order valence-electron chi connectivity index (χ1n) is 12.0. The van der Waals surface area contributed by atoms with Gasteiger partial charge in [-0.05, 0) is 42.5 Å². The minimum absolute atomic E-state index is 0.0609. The van der Waals surface area contributed by atoms with E-state index >= 15 is 0 Å². The molecule has 0 saturated carbocycles. The molecule has 0 unspecified atom stereocenters. The number of nitrogens with zero attached hydrogens (tertiary/aromatic N) is 3. The van der Waals surface area contributed by atoms with Gasteiger partial charge in [-0.1, -0.05) is 17.7 Å². The van der Waals surface area contributed by atoms with E-state index in [0.29, 0.717) is 62.8 Å². The summed E-state index contributed by atoms with van der Waals surface area (Å²) in [6.07, 6.45) is 0.693. The lowest BCUT2D eigenvalue weighted by Crippen LogP contribution is -2.60. The molecule has 0 N–H and O–H groups in total. The van der Waals surface area contributed by atoms with E-state index in [1.165, 1.54) is 29.2 Å². The summed E-state index contributed by atoms with van der Waals surface area (Å²) in [6, 6.07) is 11.2. The second kappa shape index (κ2) is 10.2. The Balaban J connectivity index is 1.39. The summed E-state index contributed by atoms with van der Waals surface area (Å²) in [5.74, 6) is -1.19. The Bertz CT molecular complexity index is 1150. The lowest BCUT2D eigenvalue weighted by atomic mass is 9.96. The van der Waals surface area contributed by atoms with Crippen molar-refractivity contribution in [3.63, 3.8) is 0 Å². The Kier molecular flexibility index (Phi) is 6.96. The van der Waals surface area contributed by atoms with Gasteiger partial charge in [-0.15, -0.1) is 0 Å². The molecule has 3 heterocycles. The van der Waals surface area contributed by atoms with Crippen LogP contribution in [0, 0.1) is 5.82 Å². The quantitative estimate of drug-likeness (QED) is 0.628. The van der Waals surface area contributed by atoms with Gasteiger partial charge >= 0.3 is 0 Å². The summed E-state index contributed by atoms with van der Waals surface area (Å²) in [7, 11) is 0. The van der Waals surface area contributed by atoms with E-state index in [4.69, 9.17) is 21.1 Å². The number of benzene rings is 2. The zero-order valence-corrected chi connectivity index (χ0v) is 20.5. The Hall–Kier alpha value is -3.01. The van der Waals surface area contributed by atoms with Crippen LogP contribution in [0.15, 0.2) is 48.5 Å². The van der Waals surface area contributed by atoms with E-state index in [0.717, 1.165) is 0 Å². The van der Waals surface area contributed by atoms with Crippen LogP contribution in [0.2, 0.25) is 5.02 Å². The number of hydrogen-bond donors (Lipinski definition) is 0. The maximum atomic E-state index is 13.7. The molecule has 3 amide bonds. The molecular formula is C26H27ClFN3O5. The highest BCUT2D eigenvalue weighted by Crippen LogP contribution is 2.39. The molecule has 5 rings (SSSR count). The molecule has 0 aliphatic carbocycles. The van der Waals surface area contributed by atoms with Crippen LogP contribution in [0.4, 0.5) is 4.39 Å². The highest BCUT2D eigenvalue weighted by Gasteiger charge is 2.55. The minimum Gasteiger partial charge on any atom is -0.378 e. The number of ether oxygens (including phenoxy) is 2. The molecule has 36 heavy (non-hydrogen) atoms. The first-order valence-corrected chi connectivity index (χ1v) is 12.4. The predicted octanol–water partition coefficient (Wildman–Crippen LogP) is 2.81. The second-order valence-electron chi connectivity index (χ2n) is 9.20. The molecule has 3 aliphatic rings. The van der Waals surface area contributed by atoms with Crippen LogP contribution in [0.3, 0.4) is 0 Å². The first kappa shape index (κ1) is 24.7. The van der Waals surface area contributed by atoms with Crippen molar-refractivity contribution in [2.24, 2.45) is 0 Å². The van der Waals surface area contributed by atoms with Crippen LogP contribution in [0.25, 0.3) is 0 Å². The Morgan fingerprint density at radius 1 is 0.889 bits per heavy atom. The highest BCUT2D eigenvalue weighted by atomic mass is 35.5. The number of hydrogen-bond acceptors (Lipinski definition) is 5. The zero-order chi connectivity index (χ0) is 25.3. The third-order valence-corrected chi connectivity index (χ3v) is 7.32. The van der Waals surface area contributed by atoms with Gasteiger partial charge < -0.3 is 19.3 Å². The maximum Gasteiger partial charge on any atom is 0.256 e. The van der Waals surface area contributed by atoms with E-state index in [-0.39, 0.29) is 24.0 Å². The van der Waals surface area contributed by atoms with Crippen molar-refractivity contribution in [2.75, 3.05) is 46.0 Å². The lowest BCUT2D eigenvalue weighted by molar-refractivity contribution is -0.141. The van der Waals surface area contributed by atoms with Gasteiger partial charge in [-0.25, -0.2) is 4.39 Å². The Labute approximate surface area is 213 Å². The molecular weight excluding hydrogens is 489 g/mol.